The summed E-state index contributed by atoms with van der Waals surface area (Å²) in [6.45, 7) is 9.22. The Morgan fingerprint density at radius 3 is 2.05 bits per heavy atom. The highest BCUT2D eigenvalue weighted by atomic mass is 15.4. The van der Waals surface area contributed by atoms with Crippen LogP contribution in [0.4, 0.5) is 0 Å². The van der Waals surface area contributed by atoms with E-state index in [9.17, 15) is 0 Å². The third kappa shape index (κ3) is 5.88. The Morgan fingerprint density at radius 1 is 0.737 bits per heavy atom. The fraction of sp³-hybridized carbons (Fsp3) is 0.882. The molecule has 0 fully saturated rings. The molecule has 2 nitrogen and oxygen atoms in total. The van der Waals surface area contributed by atoms with Crippen molar-refractivity contribution in [2.24, 2.45) is 0 Å². The van der Waals surface area contributed by atoms with Crippen molar-refractivity contribution < 1.29 is 0 Å². The van der Waals surface area contributed by atoms with Crippen LogP contribution >= 0.6 is 0 Å². The van der Waals surface area contributed by atoms with E-state index >= 15 is 0 Å². The minimum Gasteiger partial charge on any atom is -0.356 e. The summed E-state index contributed by atoms with van der Waals surface area (Å²) >= 11 is 0. The largest absolute Gasteiger partial charge is 0.356 e. The molecule has 0 aliphatic carbocycles. The zero-order valence-electron chi connectivity index (χ0n) is 13.4. The van der Waals surface area contributed by atoms with Crippen molar-refractivity contribution in [3.63, 3.8) is 0 Å². The van der Waals surface area contributed by atoms with Crippen LogP contribution in [0.3, 0.4) is 0 Å². The predicted molar refractivity (Wildman–Crippen MR) is 84.9 cm³/mol. The second-order valence-corrected chi connectivity index (χ2v) is 5.76. The molecule has 1 aliphatic rings. The lowest BCUT2D eigenvalue weighted by Crippen LogP contribution is -2.38. The fourth-order valence-corrected chi connectivity index (χ4v) is 2.91. The molecule has 1 unspecified atom stereocenters. The average Bonchev–Trinajstić information content (AvgIpc) is 2.81. The molecular weight excluding hydrogens is 232 g/mol. The van der Waals surface area contributed by atoms with Crippen molar-refractivity contribution in [3.8, 4) is 0 Å². The van der Waals surface area contributed by atoms with Gasteiger partial charge < -0.3 is 9.80 Å². The van der Waals surface area contributed by atoms with Crippen molar-refractivity contribution in [1.82, 2.24) is 9.80 Å². The quantitative estimate of drug-likeness (QED) is 0.487. The Labute approximate surface area is 120 Å². The Balaban J connectivity index is 2.26. The van der Waals surface area contributed by atoms with Crippen LogP contribution in [0.5, 0.6) is 0 Å². The lowest BCUT2D eigenvalue weighted by atomic mass is 10.1. The third-order valence-corrected chi connectivity index (χ3v) is 4.17. The Kier molecular flexibility index (Phi) is 8.77. The van der Waals surface area contributed by atoms with Gasteiger partial charge in [-0.15, -0.1) is 0 Å². The Bertz CT molecular complexity index is 237. The van der Waals surface area contributed by atoms with Crippen molar-refractivity contribution >= 4 is 0 Å². The van der Waals surface area contributed by atoms with Crippen LogP contribution in [-0.2, 0) is 0 Å². The summed E-state index contributed by atoms with van der Waals surface area (Å²) in [6, 6.07) is 0. The first-order valence-corrected chi connectivity index (χ1v) is 8.53. The molecule has 0 bridgehead atoms. The van der Waals surface area contributed by atoms with Crippen LogP contribution in [0.25, 0.3) is 0 Å². The van der Waals surface area contributed by atoms with E-state index in [0.717, 1.165) is 6.54 Å². The van der Waals surface area contributed by atoms with Crippen LogP contribution in [0.2, 0.25) is 0 Å². The zero-order valence-corrected chi connectivity index (χ0v) is 13.4. The second-order valence-electron chi connectivity index (χ2n) is 5.76. The number of nitrogens with zero attached hydrogens (tertiary/aromatic N) is 2. The van der Waals surface area contributed by atoms with Gasteiger partial charge in [-0.05, 0) is 26.2 Å². The van der Waals surface area contributed by atoms with Crippen molar-refractivity contribution in [1.29, 1.82) is 0 Å². The zero-order chi connectivity index (χ0) is 13.9. The second kappa shape index (κ2) is 10.2. The Morgan fingerprint density at radius 2 is 1.37 bits per heavy atom. The van der Waals surface area contributed by atoms with Crippen LogP contribution in [-0.4, -0.2) is 29.1 Å². The van der Waals surface area contributed by atoms with E-state index in [1.165, 1.54) is 64.3 Å². The van der Waals surface area contributed by atoms with Gasteiger partial charge in [0.1, 0.15) is 6.17 Å². The molecule has 0 N–H and O–H groups in total. The van der Waals surface area contributed by atoms with Gasteiger partial charge >= 0.3 is 0 Å². The van der Waals surface area contributed by atoms with Crippen molar-refractivity contribution in [2.75, 3.05) is 13.1 Å². The van der Waals surface area contributed by atoms with Gasteiger partial charge in [0.05, 0.1) is 0 Å². The molecule has 112 valence electrons. The van der Waals surface area contributed by atoms with Gasteiger partial charge in [0.15, 0.2) is 0 Å². The highest BCUT2D eigenvalue weighted by Crippen LogP contribution is 2.21. The molecule has 0 saturated heterocycles. The summed E-state index contributed by atoms with van der Waals surface area (Å²) in [5.41, 5.74) is 0. The van der Waals surface area contributed by atoms with Crippen LogP contribution < -0.4 is 0 Å². The first-order chi connectivity index (χ1) is 9.33. The highest BCUT2D eigenvalue weighted by molar-refractivity contribution is 4.96. The van der Waals surface area contributed by atoms with Gasteiger partial charge in [-0.1, -0.05) is 52.4 Å². The molecule has 0 spiro atoms. The summed E-state index contributed by atoms with van der Waals surface area (Å²) in [6.07, 6.45) is 17.5. The molecule has 1 aliphatic heterocycles. The number of rotatable bonds is 11. The predicted octanol–water partition coefficient (Wildman–Crippen LogP) is 4.97. The molecule has 1 atom stereocenters. The number of hydrogen-bond acceptors (Lipinski definition) is 2. The monoisotopic (exact) mass is 266 g/mol. The molecule has 1 heterocycles. The van der Waals surface area contributed by atoms with Gasteiger partial charge in [-0.2, -0.15) is 0 Å². The van der Waals surface area contributed by atoms with E-state index < -0.39 is 0 Å². The van der Waals surface area contributed by atoms with Crippen molar-refractivity contribution in [2.45, 2.75) is 84.7 Å². The van der Waals surface area contributed by atoms with Crippen LogP contribution in [0, 0.1) is 0 Å². The van der Waals surface area contributed by atoms with Gasteiger partial charge in [0.25, 0.3) is 0 Å². The lowest BCUT2D eigenvalue weighted by molar-refractivity contribution is 0.142. The normalized spacial score (nSPS) is 18.6. The molecule has 0 aromatic rings. The molecule has 0 amide bonds. The number of hydrogen-bond donors (Lipinski definition) is 0. The molecule has 2 heteroatoms. The summed E-state index contributed by atoms with van der Waals surface area (Å²) in [5.74, 6) is 0. The van der Waals surface area contributed by atoms with E-state index in [4.69, 9.17) is 0 Å². The maximum atomic E-state index is 2.57. The molecule has 1 rings (SSSR count). The van der Waals surface area contributed by atoms with Gasteiger partial charge in [-0.3, -0.25) is 0 Å². The first-order valence-electron chi connectivity index (χ1n) is 8.53. The summed E-state index contributed by atoms with van der Waals surface area (Å²) in [5, 5.41) is 0. The Hall–Kier alpha value is -0.660. The van der Waals surface area contributed by atoms with E-state index in [2.05, 4.69) is 43.0 Å². The minimum atomic E-state index is 0.641. The number of unbranched alkanes of at least 4 members (excludes halogenated alkanes) is 6. The van der Waals surface area contributed by atoms with E-state index in [1.54, 1.807) is 0 Å². The van der Waals surface area contributed by atoms with Gasteiger partial charge in [-0.25, -0.2) is 0 Å². The lowest BCUT2D eigenvalue weighted by Gasteiger charge is -2.32. The summed E-state index contributed by atoms with van der Waals surface area (Å²) < 4.78 is 0. The smallest absolute Gasteiger partial charge is 0.101 e. The fourth-order valence-electron chi connectivity index (χ4n) is 2.91. The van der Waals surface area contributed by atoms with Gasteiger partial charge in [0, 0.05) is 25.5 Å². The molecule has 0 aromatic heterocycles. The first kappa shape index (κ1) is 16.4. The average molecular weight is 266 g/mol. The topological polar surface area (TPSA) is 6.48 Å². The molecular formula is C17H34N2. The highest BCUT2D eigenvalue weighted by Gasteiger charge is 2.23. The van der Waals surface area contributed by atoms with Crippen LogP contribution in [0.1, 0.15) is 78.6 Å². The summed E-state index contributed by atoms with van der Waals surface area (Å²) in [4.78, 5) is 5.08. The van der Waals surface area contributed by atoms with Gasteiger partial charge in [0.2, 0.25) is 0 Å². The van der Waals surface area contributed by atoms with E-state index in [1.807, 2.05) is 0 Å². The van der Waals surface area contributed by atoms with Crippen molar-refractivity contribution in [3.05, 3.63) is 12.4 Å². The standard InChI is InChI=1S/C17H34N2/c1-4-7-9-10-12-14-19-16-15-18(6-3)17(19)13-11-8-5-2/h15-17H,4-14H2,1-3H3. The molecule has 0 radical (unpaired) electrons. The summed E-state index contributed by atoms with van der Waals surface area (Å²) in [7, 11) is 0. The maximum absolute atomic E-state index is 2.57. The minimum absolute atomic E-state index is 0.641. The molecule has 0 saturated carbocycles. The molecule has 0 aromatic carbocycles. The third-order valence-electron chi connectivity index (χ3n) is 4.17. The van der Waals surface area contributed by atoms with E-state index in [-0.39, 0.29) is 0 Å². The molecule has 19 heavy (non-hydrogen) atoms. The maximum Gasteiger partial charge on any atom is 0.101 e. The van der Waals surface area contributed by atoms with Crippen LogP contribution in [0.15, 0.2) is 12.4 Å². The SMILES string of the molecule is CCCCCCCN1C=CN(CC)C1CCCCC. The van der Waals surface area contributed by atoms with E-state index in [0.29, 0.717) is 6.17 Å².